The molecular formula is C23H31NO5S. The van der Waals surface area contributed by atoms with E-state index >= 15 is 0 Å². The number of esters is 1. The van der Waals surface area contributed by atoms with E-state index in [1.807, 2.05) is 13.8 Å². The SMILES string of the molecule is CC[C@@H]1CCc2c(sc(NC(=O)[C@H]3[C@H]4CC[C@@H](C4)[C@@H]3C(=O)O)c2C(=O)OC(C)C)C1. The summed E-state index contributed by atoms with van der Waals surface area (Å²) >= 11 is 1.47. The summed E-state index contributed by atoms with van der Waals surface area (Å²) in [6.07, 6.45) is 6.23. The lowest BCUT2D eigenvalue weighted by molar-refractivity contribution is -0.148. The zero-order valence-electron chi connectivity index (χ0n) is 17.9. The van der Waals surface area contributed by atoms with E-state index < -0.39 is 23.8 Å². The predicted octanol–water partition coefficient (Wildman–Crippen LogP) is 4.51. The van der Waals surface area contributed by atoms with E-state index in [0.29, 0.717) is 16.5 Å². The second-order valence-corrected chi connectivity index (χ2v) is 10.5. The van der Waals surface area contributed by atoms with Crippen molar-refractivity contribution in [3.63, 3.8) is 0 Å². The lowest BCUT2D eigenvalue weighted by Gasteiger charge is -2.27. The summed E-state index contributed by atoms with van der Waals surface area (Å²) in [5, 5.41) is 13.2. The van der Waals surface area contributed by atoms with Gasteiger partial charge < -0.3 is 15.2 Å². The molecule has 0 aliphatic heterocycles. The molecule has 2 bridgehead atoms. The first kappa shape index (κ1) is 21.3. The molecule has 30 heavy (non-hydrogen) atoms. The Morgan fingerprint density at radius 2 is 1.87 bits per heavy atom. The van der Waals surface area contributed by atoms with Crippen LogP contribution in [0.1, 0.15) is 73.7 Å². The van der Waals surface area contributed by atoms with Gasteiger partial charge in [-0.2, -0.15) is 0 Å². The molecule has 5 atom stereocenters. The fourth-order valence-electron chi connectivity index (χ4n) is 5.80. The second-order valence-electron chi connectivity index (χ2n) is 9.39. The third-order valence-electron chi connectivity index (χ3n) is 7.23. The molecule has 164 valence electrons. The highest BCUT2D eigenvalue weighted by Crippen LogP contribution is 2.53. The Balaban J connectivity index is 1.63. The average molecular weight is 434 g/mol. The molecule has 6 nitrogen and oxygen atoms in total. The van der Waals surface area contributed by atoms with Crippen molar-refractivity contribution >= 4 is 34.2 Å². The van der Waals surface area contributed by atoms with Crippen molar-refractivity contribution in [1.82, 2.24) is 0 Å². The molecule has 2 fully saturated rings. The molecule has 1 heterocycles. The predicted molar refractivity (Wildman–Crippen MR) is 115 cm³/mol. The lowest BCUT2D eigenvalue weighted by atomic mass is 9.78. The van der Waals surface area contributed by atoms with E-state index in [1.54, 1.807) is 0 Å². The van der Waals surface area contributed by atoms with Crippen molar-refractivity contribution in [1.29, 1.82) is 0 Å². The fraction of sp³-hybridized carbons (Fsp3) is 0.696. The van der Waals surface area contributed by atoms with Gasteiger partial charge in [0, 0.05) is 4.88 Å². The molecule has 0 unspecified atom stereocenters. The quantitative estimate of drug-likeness (QED) is 0.644. The van der Waals surface area contributed by atoms with Crippen LogP contribution in [0.5, 0.6) is 0 Å². The number of ether oxygens (including phenoxy) is 1. The first-order valence-electron chi connectivity index (χ1n) is 11.2. The lowest BCUT2D eigenvalue weighted by Crippen LogP contribution is -2.38. The van der Waals surface area contributed by atoms with E-state index in [9.17, 15) is 19.5 Å². The van der Waals surface area contributed by atoms with Gasteiger partial charge in [-0.25, -0.2) is 4.79 Å². The fourth-order valence-corrected chi connectivity index (χ4v) is 7.15. The van der Waals surface area contributed by atoms with E-state index in [0.717, 1.165) is 55.4 Å². The van der Waals surface area contributed by atoms with Crippen molar-refractivity contribution in [2.24, 2.45) is 29.6 Å². The number of carbonyl (C=O) groups is 3. The standard InChI is InChI=1S/C23H31NO5S/c1-4-12-5-8-15-16(9-12)30-21(19(15)23(28)29-11(2)3)24-20(25)17-13-6-7-14(10-13)18(17)22(26)27/h11-14,17-18H,4-10H2,1-3H3,(H,24,25)(H,26,27)/t12-,13+,14+,17+,18+/m1/s1. The summed E-state index contributed by atoms with van der Waals surface area (Å²) in [7, 11) is 0. The van der Waals surface area contributed by atoms with Crippen LogP contribution in [0.25, 0.3) is 0 Å². The molecule has 1 aromatic heterocycles. The van der Waals surface area contributed by atoms with E-state index in [-0.39, 0.29) is 23.8 Å². The van der Waals surface area contributed by atoms with Gasteiger partial charge >= 0.3 is 11.9 Å². The highest BCUT2D eigenvalue weighted by molar-refractivity contribution is 7.17. The zero-order valence-corrected chi connectivity index (χ0v) is 18.7. The Kier molecular flexibility index (Phi) is 5.93. The maximum absolute atomic E-state index is 13.2. The first-order chi connectivity index (χ1) is 14.3. The molecule has 0 spiro atoms. The number of carboxylic acid groups (broad SMARTS) is 1. The number of hydrogen-bond acceptors (Lipinski definition) is 5. The van der Waals surface area contributed by atoms with Crippen LogP contribution in [-0.4, -0.2) is 29.1 Å². The number of nitrogens with one attached hydrogen (secondary N) is 1. The molecular weight excluding hydrogens is 402 g/mol. The van der Waals surface area contributed by atoms with Crippen LogP contribution >= 0.6 is 11.3 Å². The van der Waals surface area contributed by atoms with Crippen LogP contribution in [0.3, 0.4) is 0 Å². The van der Waals surface area contributed by atoms with Gasteiger partial charge in [0.2, 0.25) is 5.91 Å². The molecule has 7 heteroatoms. The molecule has 4 rings (SSSR count). The molecule has 3 aliphatic rings. The summed E-state index contributed by atoms with van der Waals surface area (Å²) in [6, 6.07) is 0. The molecule has 1 amide bonds. The van der Waals surface area contributed by atoms with Gasteiger partial charge in [-0.1, -0.05) is 13.3 Å². The number of aliphatic carboxylic acids is 1. The molecule has 0 saturated heterocycles. The molecule has 2 N–H and O–H groups in total. The first-order valence-corrected chi connectivity index (χ1v) is 12.0. The largest absolute Gasteiger partial charge is 0.481 e. The normalized spacial score (nSPS) is 29.7. The van der Waals surface area contributed by atoms with Crippen molar-refractivity contribution in [2.45, 2.75) is 71.8 Å². The van der Waals surface area contributed by atoms with Crippen molar-refractivity contribution in [2.75, 3.05) is 5.32 Å². The van der Waals surface area contributed by atoms with Gasteiger partial charge in [-0.05, 0) is 75.7 Å². The number of carbonyl (C=O) groups excluding carboxylic acids is 2. The number of amides is 1. The van der Waals surface area contributed by atoms with Crippen LogP contribution < -0.4 is 5.32 Å². The van der Waals surface area contributed by atoms with Crippen LogP contribution in [0.15, 0.2) is 0 Å². The van der Waals surface area contributed by atoms with E-state index in [1.165, 1.54) is 11.3 Å². The molecule has 3 aliphatic carbocycles. The molecule has 0 radical (unpaired) electrons. The second kappa shape index (κ2) is 8.33. The van der Waals surface area contributed by atoms with E-state index in [2.05, 4.69) is 12.2 Å². The van der Waals surface area contributed by atoms with Gasteiger partial charge in [0.05, 0.1) is 23.5 Å². The highest BCUT2D eigenvalue weighted by Gasteiger charge is 2.54. The summed E-state index contributed by atoms with van der Waals surface area (Å²) in [6.45, 7) is 5.81. The third kappa shape index (κ3) is 3.77. The van der Waals surface area contributed by atoms with Crippen LogP contribution in [0.2, 0.25) is 0 Å². The molecule has 1 aromatic rings. The number of thiophene rings is 1. The maximum atomic E-state index is 13.2. The van der Waals surface area contributed by atoms with E-state index in [4.69, 9.17) is 4.74 Å². The Morgan fingerprint density at radius 1 is 1.17 bits per heavy atom. The van der Waals surface area contributed by atoms with Crippen molar-refractivity contribution < 1.29 is 24.2 Å². The average Bonchev–Trinajstić information content (AvgIpc) is 3.38. The Bertz CT molecular complexity index is 860. The number of carboxylic acids is 1. The molecule has 2 saturated carbocycles. The maximum Gasteiger partial charge on any atom is 0.341 e. The monoisotopic (exact) mass is 433 g/mol. The number of anilines is 1. The van der Waals surface area contributed by atoms with Gasteiger partial charge in [-0.3, -0.25) is 9.59 Å². The Labute approximate surface area is 181 Å². The minimum Gasteiger partial charge on any atom is -0.481 e. The van der Waals surface area contributed by atoms with Crippen LogP contribution in [0.4, 0.5) is 5.00 Å². The van der Waals surface area contributed by atoms with Gasteiger partial charge in [-0.15, -0.1) is 11.3 Å². The van der Waals surface area contributed by atoms with Crippen molar-refractivity contribution in [3.05, 3.63) is 16.0 Å². The summed E-state index contributed by atoms with van der Waals surface area (Å²) in [5.41, 5.74) is 1.50. The van der Waals surface area contributed by atoms with Gasteiger partial charge in [0.1, 0.15) is 5.00 Å². The highest BCUT2D eigenvalue weighted by atomic mass is 32.1. The minimum atomic E-state index is -0.877. The summed E-state index contributed by atoms with van der Waals surface area (Å²) in [5.74, 6) is -1.84. The number of fused-ring (bicyclic) bond motifs is 3. The Hall–Kier alpha value is -1.89. The number of hydrogen-bond donors (Lipinski definition) is 2. The summed E-state index contributed by atoms with van der Waals surface area (Å²) < 4.78 is 5.49. The smallest absolute Gasteiger partial charge is 0.341 e. The zero-order chi connectivity index (χ0) is 21.6. The van der Waals surface area contributed by atoms with Crippen LogP contribution in [-0.2, 0) is 27.2 Å². The van der Waals surface area contributed by atoms with Crippen LogP contribution in [0, 0.1) is 29.6 Å². The molecule has 0 aromatic carbocycles. The van der Waals surface area contributed by atoms with Gasteiger partial charge in [0.15, 0.2) is 0 Å². The summed E-state index contributed by atoms with van der Waals surface area (Å²) in [4.78, 5) is 39.1. The minimum absolute atomic E-state index is 0.0930. The third-order valence-corrected chi connectivity index (χ3v) is 8.40. The number of rotatable bonds is 6. The topological polar surface area (TPSA) is 92.7 Å². The van der Waals surface area contributed by atoms with Crippen molar-refractivity contribution in [3.8, 4) is 0 Å². The Morgan fingerprint density at radius 3 is 2.50 bits per heavy atom. The van der Waals surface area contributed by atoms with Gasteiger partial charge in [0.25, 0.3) is 0 Å².